The number of carbonyl (C=O) groups excluding carboxylic acids is 1. The molecule has 0 aliphatic carbocycles. The molecule has 0 bridgehead atoms. The van der Waals surface area contributed by atoms with Crippen LogP contribution < -0.4 is 10.6 Å². The van der Waals surface area contributed by atoms with Gasteiger partial charge in [0, 0.05) is 19.0 Å². The highest BCUT2D eigenvalue weighted by atomic mass is 32.2. The van der Waals surface area contributed by atoms with Crippen LogP contribution in [0.4, 0.5) is 4.79 Å². The van der Waals surface area contributed by atoms with Gasteiger partial charge in [-0.25, -0.2) is 4.79 Å². The number of hydrogen-bond donors (Lipinski definition) is 3. The normalized spacial score (nSPS) is 11.9. The van der Waals surface area contributed by atoms with Crippen LogP contribution in [0.2, 0.25) is 0 Å². The van der Waals surface area contributed by atoms with E-state index in [9.17, 15) is 9.59 Å². The minimum absolute atomic E-state index is 0.112. The highest BCUT2D eigenvalue weighted by Crippen LogP contribution is 2.02. The first-order chi connectivity index (χ1) is 9.06. The summed E-state index contributed by atoms with van der Waals surface area (Å²) in [7, 11) is 0. The van der Waals surface area contributed by atoms with Crippen molar-refractivity contribution in [3.8, 4) is 0 Å². The Labute approximate surface area is 119 Å². The van der Waals surface area contributed by atoms with E-state index in [4.69, 9.17) is 5.11 Å². The first kappa shape index (κ1) is 18.1. The molecular formula is C13H26N2O3S. The van der Waals surface area contributed by atoms with E-state index in [1.807, 2.05) is 6.92 Å². The van der Waals surface area contributed by atoms with E-state index in [0.717, 1.165) is 31.4 Å². The average Bonchev–Trinajstić information content (AvgIpc) is 2.34. The maximum Gasteiger partial charge on any atom is 0.314 e. The van der Waals surface area contributed by atoms with E-state index in [-0.39, 0.29) is 18.5 Å². The Balaban J connectivity index is 3.35. The van der Waals surface area contributed by atoms with Gasteiger partial charge < -0.3 is 15.7 Å². The van der Waals surface area contributed by atoms with Gasteiger partial charge in [0.15, 0.2) is 0 Å². The molecule has 19 heavy (non-hydrogen) atoms. The largest absolute Gasteiger partial charge is 0.481 e. The summed E-state index contributed by atoms with van der Waals surface area (Å²) in [5, 5.41) is 14.2. The van der Waals surface area contributed by atoms with Crippen molar-refractivity contribution in [3.63, 3.8) is 0 Å². The molecule has 0 aromatic carbocycles. The Morgan fingerprint density at radius 1 is 1.21 bits per heavy atom. The lowest BCUT2D eigenvalue weighted by atomic mass is 10.1. The van der Waals surface area contributed by atoms with E-state index in [1.54, 1.807) is 11.8 Å². The second-order valence-electron chi connectivity index (χ2n) is 4.64. The average molecular weight is 290 g/mol. The topological polar surface area (TPSA) is 78.4 Å². The zero-order valence-corrected chi connectivity index (χ0v) is 12.7. The fourth-order valence-corrected chi connectivity index (χ4v) is 2.19. The Morgan fingerprint density at radius 2 is 1.89 bits per heavy atom. The minimum Gasteiger partial charge on any atom is -0.481 e. The maximum atomic E-state index is 11.5. The molecule has 0 rings (SSSR count). The van der Waals surface area contributed by atoms with Crippen LogP contribution in [0.5, 0.6) is 0 Å². The van der Waals surface area contributed by atoms with Gasteiger partial charge in [0.05, 0.1) is 0 Å². The second-order valence-corrected chi connectivity index (χ2v) is 5.63. The second kappa shape index (κ2) is 12.1. The lowest BCUT2D eigenvalue weighted by Gasteiger charge is -2.13. The van der Waals surface area contributed by atoms with Crippen molar-refractivity contribution in [1.82, 2.24) is 10.6 Å². The fraction of sp³-hybridized carbons (Fsp3) is 0.846. The molecule has 0 spiro atoms. The van der Waals surface area contributed by atoms with Crippen molar-refractivity contribution in [2.75, 3.05) is 18.6 Å². The number of thioether (sulfide) groups is 1. The monoisotopic (exact) mass is 290 g/mol. The molecule has 0 aliphatic heterocycles. The van der Waals surface area contributed by atoms with Gasteiger partial charge in [0.2, 0.25) is 0 Å². The molecule has 5 nitrogen and oxygen atoms in total. The molecule has 1 atom stereocenters. The van der Waals surface area contributed by atoms with E-state index >= 15 is 0 Å². The molecule has 112 valence electrons. The zero-order chi connectivity index (χ0) is 14.5. The Kier molecular flexibility index (Phi) is 11.6. The molecule has 0 aliphatic rings. The third-order valence-corrected chi connectivity index (χ3v) is 3.38. The summed E-state index contributed by atoms with van der Waals surface area (Å²) in [6.45, 7) is 2.65. The summed E-state index contributed by atoms with van der Waals surface area (Å²) in [6.07, 6.45) is 6.73. The smallest absolute Gasteiger partial charge is 0.314 e. The Hall–Kier alpha value is -0.910. The van der Waals surface area contributed by atoms with Crippen LogP contribution in [-0.4, -0.2) is 41.7 Å². The number of unbranched alkanes of at least 4 members (excludes halogenated alkanes) is 3. The van der Waals surface area contributed by atoms with Crippen molar-refractivity contribution in [2.24, 2.45) is 0 Å². The Morgan fingerprint density at radius 3 is 2.53 bits per heavy atom. The number of carboxylic acids is 1. The van der Waals surface area contributed by atoms with Crippen molar-refractivity contribution in [3.05, 3.63) is 0 Å². The van der Waals surface area contributed by atoms with Crippen molar-refractivity contribution in [2.45, 2.75) is 51.5 Å². The number of carbonyl (C=O) groups is 2. The van der Waals surface area contributed by atoms with Crippen LogP contribution in [0.15, 0.2) is 0 Å². The van der Waals surface area contributed by atoms with E-state index in [0.29, 0.717) is 13.0 Å². The van der Waals surface area contributed by atoms with E-state index in [1.165, 1.54) is 0 Å². The highest BCUT2D eigenvalue weighted by Gasteiger charge is 2.05. The van der Waals surface area contributed by atoms with Crippen molar-refractivity contribution >= 4 is 23.8 Å². The fourth-order valence-electron chi connectivity index (χ4n) is 1.60. The number of amides is 2. The molecule has 0 radical (unpaired) electrons. The molecule has 2 amide bonds. The molecule has 6 heteroatoms. The van der Waals surface area contributed by atoms with Crippen molar-refractivity contribution < 1.29 is 14.7 Å². The SMILES string of the molecule is CSCCC(C)NC(=O)NCCCCCCC(=O)O. The van der Waals surface area contributed by atoms with Gasteiger partial charge in [-0.3, -0.25) is 4.79 Å². The summed E-state index contributed by atoms with van der Waals surface area (Å²) >= 11 is 1.77. The van der Waals surface area contributed by atoms with Gasteiger partial charge >= 0.3 is 12.0 Å². The molecule has 0 saturated carbocycles. The van der Waals surface area contributed by atoms with Crippen LogP contribution in [-0.2, 0) is 4.79 Å². The minimum atomic E-state index is -0.739. The highest BCUT2D eigenvalue weighted by molar-refractivity contribution is 7.98. The summed E-state index contributed by atoms with van der Waals surface area (Å²) in [5.74, 6) is 0.308. The van der Waals surface area contributed by atoms with E-state index < -0.39 is 5.97 Å². The molecule has 1 unspecified atom stereocenters. The van der Waals surface area contributed by atoms with E-state index in [2.05, 4.69) is 16.9 Å². The van der Waals surface area contributed by atoms with Crippen LogP contribution in [0.25, 0.3) is 0 Å². The van der Waals surface area contributed by atoms with Gasteiger partial charge in [-0.05, 0) is 38.2 Å². The quantitative estimate of drug-likeness (QED) is 0.511. The molecule has 3 N–H and O–H groups in total. The summed E-state index contributed by atoms with van der Waals surface area (Å²) in [6, 6.07) is 0.0853. The molecule has 0 aromatic heterocycles. The predicted octanol–water partition coefficient (Wildman–Crippen LogP) is 2.46. The predicted molar refractivity (Wildman–Crippen MR) is 79.7 cm³/mol. The van der Waals surface area contributed by atoms with Crippen LogP contribution in [0.3, 0.4) is 0 Å². The van der Waals surface area contributed by atoms with Gasteiger partial charge in [-0.2, -0.15) is 11.8 Å². The maximum absolute atomic E-state index is 11.5. The molecule has 0 saturated heterocycles. The van der Waals surface area contributed by atoms with Crippen LogP contribution in [0, 0.1) is 0 Å². The first-order valence-electron chi connectivity index (χ1n) is 6.81. The standard InChI is InChI=1S/C13H26N2O3S/c1-11(8-10-19-2)15-13(18)14-9-6-4-3-5-7-12(16)17/h11H,3-10H2,1-2H3,(H,16,17)(H2,14,15,18). The van der Waals surface area contributed by atoms with Crippen LogP contribution >= 0.6 is 11.8 Å². The van der Waals surface area contributed by atoms with Crippen molar-refractivity contribution in [1.29, 1.82) is 0 Å². The van der Waals surface area contributed by atoms with Gasteiger partial charge in [-0.1, -0.05) is 12.8 Å². The molecule has 0 heterocycles. The first-order valence-corrected chi connectivity index (χ1v) is 8.20. The molecule has 0 aromatic rings. The number of urea groups is 1. The third kappa shape index (κ3) is 13.3. The number of rotatable bonds is 11. The lowest BCUT2D eigenvalue weighted by molar-refractivity contribution is -0.137. The summed E-state index contributed by atoms with van der Waals surface area (Å²) in [4.78, 5) is 21.8. The zero-order valence-electron chi connectivity index (χ0n) is 11.9. The van der Waals surface area contributed by atoms with Crippen LogP contribution in [0.1, 0.15) is 45.4 Å². The number of nitrogens with one attached hydrogen (secondary N) is 2. The third-order valence-electron chi connectivity index (χ3n) is 2.74. The Bertz CT molecular complexity index is 262. The summed E-state index contributed by atoms with van der Waals surface area (Å²) < 4.78 is 0. The molecular weight excluding hydrogens is 264 g/mol. The number of aliphatic carboxylic acids is 1. The molecule has 0 fully saturated rings. The van der Waals surface area contributed by atoms with Gasteiger partial charge in [0.25, 0.3) is 0 Å². The van der Waals surface area contributed by atoms with Gasteiger partial charge in [0.1, 0.15) is 0 Å². The number of carboxylic acid groups (broad SMARTS) is 1. The lowest BCUT2D eigenvalue weighted by Crippen LogP contribution is -2.41. The summed E-state index contributed by atoms with van der Waals surface area (Å²) in [5.41, 5.74) is 0. The number of hydrogen-bond acceptors (Lipinski definition) is 3. The van der Waals surface area contributed by atoms with Gasteiger partial charge in [-0.15, -0.1) is 0 Å².